The Balaban J connectivity index is 1.39. The molecule has 0 spiro atoms. The van der Waals surface area contributed by atoms with Crippen LogP contribution in [0.4, 0.5) is 17.1 Å². The number of ether oxygens (including phenoxy) is 1. The number of nitrogens with one attached hydrogen (secondary N) is 2. The molecule has 13 heteroatoms. The molecule has 3 aromatic rings. The van der Waals surface area contributed by atoms with E-state index in [4.69, 9.17) is 9.15 Å². The van der Waals surface area contributed by atoms with Crippen molar-refractivity contribution < 1.29 is 33.3 Å². The van der Waals surface area contributed by atoms with Crippen LogP contribution in [0.3, 0.4) is 0 Å². The van der Waals surface area contributed by atoms with Gasteiger partial charge in [0, 0.05) is 44.0 Å². The van der Waals surface area contributed by atoms with Crippen LogP contribution in [0.1, 0.15) is 38.2 Å². The van der Waals surface area contributed by atoms with Gasteiger partial charge >= 0.3 is 5.97 Å². The van der Waals surface area contributed by atoms with Gasteiger partial charge in [0.05, 0.1) is 41.2 Å². The number of piperazine rings is 1. The molecule has 0 unspecified atom stereocenters. The van der Waals surface area contributed by atoms with Gasteiger partial charge in [-0.25, -0.2) is 4.79 Å². The van der Waals surface area contributed by atoms with Crippen molar-refractivity contribution in [2.45, 2.75) is 6.92 Å². The summed E-state index contributed by atoms with van der Waals surface area (Å²) < 4.78 is 10.1. The van der Waals surface area contributed by atoms with E-state index < -0.39 is 22.7 Å². The average Bonchev–Trinajstić information content (AvgIpc) is 3.49. The van der Waals surface area contributed by atoms with Crippen LogP contribution in [-0.4, -0.2) is 77.7 Å². The van der Waals surface area contributed by atoms with Crippen molar-refractivity contribution in [3.63, 3.8) is 0 Å². The maximum absolute atomic E-state index is 13.1. The first-order valence-corrected chi connectivity index (χ1v) is 12.5. The highest BCUT2D eigenvalue weighted by Gasteiger charge is 2.25. The van der Waals surface area contributed by atoms with E-state index in [-0.39, 0.29) is 41.8 Å². The van der Waals surface area contributed by atoms with E-state index in [0.717, 1.165) is 6.07 Å². The molecule has 1 fully saturated rings. The Bertz CT molecular complexity index is 1400. The molecule has 0 radical (unpaired) electrons. The molecule has 1 saturated heterocycles. The third-order valence-electron chi connectivity index (χ3n) is 6.15. The van der Waals surface area contributed by atoms with Gasteiger partial charge in [-0.05, 0) is 49.4 Å². The van der Waals surface area contributed by atoms with Gasteiger partial charge in [-0.2, -0.15) is 0 Å². The highest BCUT2D eigenvalue weighted by atomic mass is 16.6. The van der Waals surface area contributed by atoms with Gasteiger partial charge in [-0.15, -0.1) is 0 Å². The van der Waals surface area contributed by atoms with Gasteiger partial charge in [0.2, 0.25) is 5.91 Å². The van der Waals surface area contributed by atoms with Crippen LogP contribution >= 0.6 is 0 Å². The Morgan fingerprint density at radius 3 is 2.35 bits per heavy atom. The van der Waals surface area contributed by atoms with Crippen LogP contribution in [-0.2, 0) is 9.53 Å². The zero-order chi connectivity index (χ0) is 28.6. The van der Waals surface area contributed by atoms with E-state index in [0.29, 0.717) is 37.4 Å². The molecule has 1 aliphatic rings. The van der Waals surface area contributed by atoms with Crippen molar-refractivity contribution in [3.8, 4) is 0 Å². The first-order chi connectivity index (χ1) is 19.2. The van der Waals surface area contributed by atoms with Crippen molar-refractivity contribution in [1.29, 1.82) is 0 Å². The summed E-state index contributed by atoms with van der Waals surface area (Å²) >= 11 is 0. The van der Waals surface area contributed by atoms with Crippen LogP contribution in [0.2, 0.25) is 0 Å². The predicted octanol–water partition coefficient (Wildman–Crippen LogP) is 3.01. The maximum atomic E-state index is 13.1. The fourth-order valence-corrected chi connectivity index (χ4v) is 4.10. The van der Waals surface area contributed by atoms with Crippen LogP contribution in [0.5, 0.6) is 0 Å². The number of nitro groups is 1. The third-order valence-corrected chi connectivity index (χ3v) is 6.15. The molecule has 40 heavy (non-hydrogen) atoms. The molecular weight excluding hydrogens is 522 g/mol. The first kappa shape index (κ1) is 28.0. The standard InChI is InChI=1S/C27H27N5O8/c1-2-39-27(36)18-5-7-19(8-6-18)28-25(34)21-16-20(32(37)38)9-10-22(21)29-24(33)17-30-11-13-31(14-12-30)26(35)23-4-3-15-40-23/h3-10,15-16H,2,11-14,17H2,1H3,(H,28,34)(H,29,33). The number of furan rings is 1. The van der Waals surface area contributed by atoms with E-state index in [1.165, 1.54) is 42.7 Å². The summed E-state index contributed by atoms with van der Waals surface area (Å²) in [4.78, 5) is 64.4. The summed E-state index contributed by atoms with van der Waals surface area (Å²) in [7, 11) is 0. The number of nitrogens with zero attached hydrogens (tertiary/aromatic N) is 3. The van der Waals surface area contributed by atoms with Gasteiger partial charge in [0.25, 0.3) is 17.5 Å². The van der Waals surface area contributed by atoms with E-state index in [1.54, 1.807) is 24.0 Å². The lowest BCUT2D eigenvalue weighted by atomic mass is 10.1. The lowest BCUT2D eigenvalue weighted by molar-refractivity contribution is -0.384. The fourth-order valence-electron chi connectivity index (χ4n) is 4.10. The second-order valence-corrected chi connectivity index (χ2v) is 8.83. The second kappa shape index (κ2) is 12.7. The first-order valence-electron chi connectivity index (χ1n) is 12.5. The Morgan fingerprint density at radius 2 is 1.73 bits per heavy atom. The maximum Gasteiger partial charge on any atom is 0.338 e. The van der Waals surface area contributed by atoms with Crippen molar-refractivity contribution in [2.24, 2.45) is 0 Å². The van der Waals surface area contributed by atoms with Crippen molar-refractivity contribution in [3.05, 3.63) is 87.9 Å². The van der Waals surface area contributed by atoms with Crippen molar-refractivity contribution in [1.82, 2.24) is 9.80 Å². The van der Waals surface area contributed by atoms with Gasteiger partial charge in [0.1, 0.15) is 0 Å². The van der Waals surface area contributed by atoms with Gasteiger partial charge in [0.15, 0.2) is 5.76 Å². The minimum Gasteiger partial charge on any atom is -0.462 e. The summed E-state index contributed by atoms with van der Waals surface area (Å²) in [5.74, 6) is -1.58. The lowest BCUT2D eigenvalue weighted by Gasteiger charge is -2.33. The summed E-state index contributed by atoms with van der Waals surface area (Å²) in [5, 5.41) is 16.6. The molecule has 0 bridgehead atoms. The van der Waals surface area contributed by atoms with Crippen LogP contribution < -0.4 is 10.6 Å². The third kappa shape index (κ3) is 6.88. The zero-order valence-electron chi connectivity index (χ0n) is 21.6. The molecule has 1 aliphatic heterocycles. The van der Waals surface area contributed by atoms with Crippen LogP contribution in [0.25, 0.3) is 0 Å². The molecule has 2 heterocycles. The summed E-state index contributed by atoms with van der Waals surface area (Å²) in [5.41, 5.74) is 0.310. The number of rotatable bonds is 9. The fraction of sp³-hybridized carbons (Fsp3) is 0.259. The summed E-state index contributed by atoms with van der Waals surface area (Å²) in [6.45, 7) is 3.63. The van der Waals surface area contributed by atoms with Gasteiger partial charge < -0.3 is 24.7 Å². The number of non-ortho nitro benzene ring substituents is 1. The number of benzene rings is 2. The van der Waals surface area contributed by atoms with E-state index in [9.17, 15) is 29.3 Å². The highest BCUT2D eigenvalue weighted by Crippen LogP contribution is 2.24. The van der Waals surface area contributed by atoms with E-state index >= 15 is 0 Å². The van der Waals surface area contributed by atoms with Gasteiger partial charge in [-0.1, -0.05) is 0 Å². The lowest BCUT2D eigenvalue weighted by Crippen LogP contribution is -2.50. The minimum absolute atomic E-state index is 0.00382. The molecule has 3 amide bonds. The monoisotopic (exact) mass is 549 g/mol. The number of anilines is 2. The molecule has 2 N–H and O–H groups in total. The number of nitro benzene ring substituents is 1. The molecule has 2 aromatic carbocycles. The summed E-state index contributed by atoms with van der Waals surface area (Å²) in [6.07, 6.45) is 1.43. The number of carbonyl (C=O) groups excluding carboxylic acids is 4. The Morgan fingerprint density at radius 1 is 1.00 bits per heavy atom. The molecule has 1 aromatic heterocycles. The molecular formula is C27H27N5O8. The number of amides is 3. The summed E-state index contributed by atoms with van der Waals surface area (Å²) in [6, 6.07) is 12.8. The van der Waals surface area contributed by atoms with Crippen molar-refractivity contribution >= 4 is 40.8 Å². The number of esters is 1. The average molecular weight is 550 g/mol. The smallest absolute Gasteiger partial charge is 0.338 e. The molecule has 13 nitrogen and oxygen atoms in total. The number of hydrogen-bond donors (Lipinski definition) is 2. The molecule has 0 atom stereocenters. The Labute approximate surface area is 228 Å². The number of hydrogen-bond acceptors (Lipinski definition) is 9. The molecule has 208 valence electrons. The zero-order valence-corrected chi connectivity index (χ0v) is 21.6. The largest absolute Gasteiger partial charge is 0.462 e. The second-order valence-electron chi connectivity index (χ2n) is 8.83. The Hall–Kier alpha value is -5.04. The predicted molar refractivity (Wildman–Crippen MR) is 143 cm³/mol. The van der Waals surface area contributed by atoms with E-state index in [1.807, 2.05) is 4.90 Å². The molecule has 0 aliphatic carbocycles. The topological polar surface area (TPSA) is 164 Å². The molecule has 0 saturated carbocycles. The van der Waals surface area contributed by atoms with Gasteiger partial charge in [-0.3, -0.25) is 29.4 Å². The van der Waals surface area contributed by atoms with Crippen molar-refractivity contribution in [2.75, 3.05) is 50.0 Å². The number of carbonyl (C=O) groups is 4. The molecule has 4 rings (SSSR count). The van der Waals surface area contributed by atoms with Crippen LogP contribution in [0, 0.1) is 10.1 Å². The van der Waals surface area contributed by atoms with Crippen LogP contribution in [0.15, 0.2) is 65.3 Å². The highest BCUT2D eigenvalue weighted by molar-refractivity contribution is 6.10. The Kier molecular flexibility index (Phi) is 8.86. The quantitative estimate of drug-likeness (QED) is 0.232. The SMILES string of the molecule is CCOC(=O)c1ccc(NC(=O)c2cc([N+](=O)[O-])ccc2NC(=O)CN2CCN(C(=O)c3ccco3)CC2)cc1. The van der Waals surface area contributed by atoms with E-state index in [2.05, 4.69) is 10.6 Å². The normalized spacial score (nSPS) is 13.4. The minimum atomic E-state index is -0.687.